The molecule has 0 amide bonds. The molecule has 3 nitrogen and oxygen atoms in total. The van der Waals surface area contributed by atoms with Crippen LogP contribution in [0.5, 0.6) is 0 Å². The fraction of sp³-hybridized carbons (Fsp3) is 0.545. The molecular weight excluding hydrogens is 334 g/mol. The van der Waals surface area contributed by atoms with E-state index in [0.29, 0.717) is 0 Å². The summed E-state index contributed by atoms with van der Waals surface area (Å²) in [5.74, 6) is 0.905. The molecular formula is C11H17Br2N3. The smallest absolute Gasteiger partial charge is 0.140 e. The van der Waals surface area contributed by atoms with Crippen LogP contribution in [0.25, 0.3) is 0 Å². The molecule has 0 atom stereocenters. The maximum Gasteiger partial charge on any atom is 0.140 e. The van der Waals surface area contributed by atoms with Gasteiger partial charge in [0.05, 0.1) is 4.47 Å². The Hall–Kier alpha value is -0.130. The van der Waals surface area contributed by atoms with E-state index in [0.717, 1.165) is 40.7 Å². The van der Waals surface area contributed by atoms with E-state index in [1.807, 2.05) is 6.07 Å². The number of nitrogens with two attached hydrogens (primary N) is 1. The highest BCUT2D eigenvalue weighted by molar-refractivity contribution is 9.11. The molecule has 0 bridgehead atoms. The van der Waals surface area contributed by atoms with E-state index < -0.39 is 0 Å². The summed E-state index contributed by atoms with van der Waals surface area (Å²) in [6, 6.07) is 1.99. The molecule has 90 valence electrons. The quantitative estimate of drug-likeness (QED) is 0.739. The Kier molecular flexibility index (Phi) is 7.00. The van der Waals surface area contributed by atoms with E-state index in [2.05, 4.69) is 42.2 Å². The fourth-order valence-electron chi connectivity index (χ4n) is 1.37. The van der Waals surface area contributed by atoms with Crippen LogP contribution >= 0.6 is 31.9 Å². The number of nitrogens with zero attached hydrogens (tertiary/aromatic N) is 1. The highest BCUT2D eigenvalue weighted by atomic mass is 79.9. The predicted octanol–water partition coefficient (Wildman–Crippen LogP) is 3.54. The monoisotopic (exact) mass is 349 g/mol. The van der Waals surface area contributed by atoms with E-state index in [1.54, 1.807) is 6.20 Å². The van der Waals surface area contributed by atoms with Crippen LogP contribution in [0.1, 0.15) is 25.7 Å². The van der Waals surface area contributed by atoms with Crippen LogP contribution in [-0.2, 0) is 0 Å². The summed E-state index contributed by atoms with van der Waals surface area (Å²) >= 11 is 6.84. The standard InChI is InChI=1S/C11H17Br2N3/c12-9-7-10(13)11(16-8-9)15-6-4-2-1-3-5-14/h7-8H,1-6,14H2,(H,15,16). The highest BCUT2D eigenvalue weighted by Crippen LogP contribution is 2.23. The van der Waals surface area contributed by atoms with Gasteiger partial charge in [0.15, 0.2) is 0 Å². The van der Waals surface area contributed by atoms with E-state index in [-0.39, 0.29) is 0 Å². The van der Waals surface area contributed by atoms with Crippen LogP contribution in [-0.4, -0.2) is 18.1 Å². The summed E-state index contributed by atoms with van der Waals surface area (Å²) < 4.78 is 1.97. The number of rotatable bonds is 7. The first-order valence-electron chi connectivity index (χ1n) is 5.49. The maximum absolute atomic E-state index is 5.43. The number of nitrogens with one attached hydrogen (secondary N) is 1. The van der Waals surface area contributed by atoms with E-state index >= 15 is 0 Å². The van der Waals surface area contributed by atoms with Gasteiger partial charge in [-0.2, -0.15) is 0 Å². The average molecular weight is 351 g/mol. The maximum atomic E-state index is 5.43. The van der Waals surface area contributed by atoms with E-state index in [1.165, 1.54) is 12.8 Å². The molecule has 0 aliphatic carbocycles. The molecule has 0 saturated carbocycles. The van der Waals surface area contributed by atoms with E-state index in [4.69, 9.17) is 5.73 Å². The Morgan fingerprint density at radius 2 is 1.94 bits per heavy atom. The van der Waals surface area contributed by atoms with Crippen molar-refractivity contribution in [2.75, 3.05) is 18.4 Å². The zero-order valence-corrected chi connectivity index (χ0v) is 12.3. The molecule has 0 unspecified atom stereocenters. The van der Waals surface area contributed by atoms with Gasteiger partial charge in [0.1, 0.15) is 5.82 Å². The van der Waals surface area contributed by atoms with Gasteiger partial charge in [-0.1, -0.05) is 12.8 Å². The van der Waals surface area contributed by atoms with Crippen LogP contribution in [0.2, 0.25) is 0 Å². The van der Waals surface area contributed by atoms with Gasteiger partial charge in [0.25, 0.3) is 0 Å². The predicted molar refractivity (Wildman–Crippen MR) is 75.6 cm³/mol. The molecule has 0 spiro atoms. The zero-order valence-electron chi connectivity index (χ0n) is 9.18. The van der Waals surface area contributed by atoms with Gasteiger partial charge in [0.2, 0.25) is 0 Å². The van der Waals surface area contributed by atoms with Crippen molar-refractivity contribution in [1.82, 2.24) is 4.98 Å². The molecule has 0 aliphatic rings. The second-order valence-corrected chi connectivity index (χ2v) is 5.38. The molecule has 16 heavy (non-hydrogen) atoms. The minimum atomic E-state index is 0.799. The molecule has 0 aliphatic heterocycles. The van der Waals surface area contributed by atoms with Gasteiger partial charge >= 0.3 is 0 Å². The lowest BCUT2D eigenvalue weighted by Crippen LogP contribution is -2.04. The van der Waals surface area contributed by atoms with Crippen molar-refractivity contribution < 1.29 is 0 Å². The lowest BCUT2D eigenvalue weighted by Gasteiger charge is -2.07. The molecule has 1 heterocycles. The van der Waals surface area contributed by atoms with Crippen molar-refractivity contribution >= 4 is 37.7 Å². The normalized spacial score (nSPS) is 10.4. The number of unbranched alkanes of at least 4 members (excludes halogenated alkanes) is 3. The lowest BCUT2D eigenvalue weighted by atomic mass is 10.2. The largest absolute Gasteiger partial charge is 0.369 e. The first-order valence-corrected chi connectivity index (χ1v) is 7.07. The van der Waals surface area contributed by atoms with Gasteiger partial charge in [0, 0.05) is 17.2 Å². The van der Waals surface area contributed by atoms with Crippen molar-refractivity contribution in [3.05, 3.63) is 21.2 Å². The van der Waals surface area contributed by atoms with Crippen LogP contribution in [0.3, 0.4) is 0 Å². The first-order chi connectivity index (χ1) is 7.74. The Bertz CT molecular complexity index is 318. The molecule has 0 aromatic carbocycles. The van der Waals surface area contributed by atoms with Crippen molar-refractivity contribution in [1.29, 1.82) is 0 Å². The third-order valence-electron chi connectivity index (χ3n) is 2.23. The Morgan fingerprint density at radius 1 is 1.19 bits per heavy atom. The number of hydrogen-bond donors (Lipinski definition) is 2. The highest BCUT2D eigenvalue weighted by Gasteiger charge is 2.00. The number of aromatic nitrogens is 1. The Morgan fingerprint density at radius 3 is 2.62 bits per heavy atom. The van der Waals surface area contributed by atoms with Crippen LogP contribution < -0.4 is 11.1 Å². The Labute approximate surface area is 113 Å². The molecule has 5 heteroatoms. The van der Waals surface area contributed by atoms with Gasteiger partial charge in [-0.15, -0.1) is 0 Å². The summed E-state index contributed by atoms with van der Waals surface area (Å²) in [6.45, 7) is 1.76. The van der Waals surface area contributed by atoms with Crippen LogP contribution in [0.4, 0.5) is 5.82 Å². The molecule has 0 radical (unpaired) electrons. The number of anilines is 1. The average Bonchev–Trinajstić information content (AvgIpc) is 2.26. The van der Waals surface area contributed by atoms with Crippen molar-refractivity contribution in [2.24, 2.45) is 5.73 Å². The molecule has 1 aromatic rings. The van der Waals surface area contributed by atoms with Crippen LogP contribution in [0.15, 0.2) is 21.2 Å². The summed E-state index contributed by atoms with van der Waals surface area (Å²) in [4.78, 5) is 4.29. The van der Waals surface area contributed by atoms with Crippen molar-refractivity contribution in [2.45, 2.75) is 25.7 Å². The minimum absolute atomic E-state index is 0.799. The van der Waals surface area contributed by atoms with E-state index in [9.17, 15) is 0 Å². The summed E-state index contributed by atoms with van der Waals surface area (Å²) in [7, 11) is 0. The third kappa shape index (κ3) is 5.27. The Balaban J connectivity index is 2.21. The fourth-order valence-corrected chi connectivity index (χ4v) is 2.50. The molecule has 1 rings (SSSR count). The molecule has 0 saturated heterocycles. The lowest BCUT2D eigenvalue weighted by molar-refractivity contribution is 0.661. The number of halogens is 2. The van der Waals surface area contributed by atoms with Gasteiger partial charge in [-0.3, -0.25) is 0 Å². The van der Waals surface area contributed by atoms with Gasteiger partial charge < -0.3 is 11.1 Å². The van der Waals surface area contributed by atoms with Gasteiger partial charge in [-0.05, 0) is 57.3 Å². The minimum Gasteiger partial charge on any atom is -0.369 e. The van der Waals surface area contributed by atoms with Gasteiger partial charge in [-0.25, -0.2) is 4.98 Å². The van der Waals surface area contributed by atoms with Crippen molar-refractivity contribution in [3.8, 4) is 0 Å². The topological polar surface area (TPSA) is 50.9 Å². The molecule has 0 fully saturated rings. The first kappa shape index (κ1) is 13.9. The number of hydrogen-bond acceptors (Lipinski definition) is 3. The zero-order chi connectivity index (χ0) is 11.8. The second-order valence-electron chi connectivity index (χ2n) is 3.61. The summed E-state index contributed by atoms with van der Waals surface area (Å²) in [5.41, 5.74) is 5.43. The summed E-state index contributed by atoms with van der Waals surface area (Å²) in [5, 5.41) is 3.31. The summed E-state index contributed by atoms with van der Waals surface area (Å²) in [6.07, 6.45) is 6.51. The third-order valence-corrected chi connectivity index (χ3v) is 3.27. The molecule has 1 aromatic heterocycles. The molecule has 3 N–H and O–H groups in total. The second kappa shape index (κ2) is 8.03. The number of pyridine rings is 1. The SMILES string of the molecule is NCCCCCCNc1ncc(Br)cc1Br. The van der Waals surface area contributed by atoms with Crippen LogP contribution in [0, 0.1) is 0 Å². The van der Waals surface area contributed by atoms with Crippen molar-refractivity contribution in [3.63, 3.8) is 0 Å².